The Kier molecular flexibility index (Phi) is 2.76. The fraction of sp³-hybridized carbons (Fsp3) is 0.462. The molecule has 0 bridgehead atoms. The minimum Gasteiger partial charge on any atom is -0.356 e. The molecule has 2 N–H and O–H groups in total. The summed E-state index contributed by atoms with van der Waals surface area (Å²) in [5, 5.41) is 8.06. The van der Waals surface area contributed by atoms with Crippen molar-refractivity contribution < 1.29 is 0 Å². The largest absolute Gasteiger partial charge is 0.356 e. The third-order valence-electron chi connectivity index (χ3n) is 3.41. The Morgan fingerprint density at radius 3 is 2.82 bits per heavy atom. The molecule has 0 radical (unpaired) electrons. The van der Waals surface area contributed by atoms with Gasteiger partial charge in [-0.05, 0) is 45.0 Å². The quantitative estimate of drug-likeness (QED) is 0.857. The fourth-order valence-corrected chi connectivity index (χ4v) is 3.30. The molecular weight excluding hydrogens is 230 g/mol. The van der Waals surface area contributed by atoms with Gasteiger partial charge in [-0.1, -0.05) is 23.5 Å². The van der Waals surface area contributed by atoms with Gasteiger partial charge in [-0.15, -0.1) is 0 Å². The third-order valence-corrected chi connectivity index (χ3v) is 4.36. The highest BCUT2D eigenvalue weighted by atomic mass is 32.1. The molecule has 1 aliphatic heterocycles. The van der Waals surface area contributed by atoms with Gasteiger partial charge in [0.25, 0.3) is 0 Å². The molecule has 1 aromatic heterocycles. The average molecular weight is 247 g/mol. The number of nitrogens with one attached hydrogen (secondary N) is 2. The second kappa shape index (κ2) is 4.27. The number of hydrogen-bond acceptors (Lipinski definition) is 4. The number of thiazole rings is 1. The second-order valence-corrected chi connectivity index (χ2v) is 5.95. The minimum atomic E-state index is 0.194. The highest BCUT2D eigenvalue weighted by Crippen LogP contribution is 2.30. The van der Waals surface area contributed by atoms with Crippen molar-refractivity contribution in [1.29, 1.82) is 0 Å². The first-order chi connectivity index (χ1) is 8.25. The molecule has 90 valence electrons. The number of nitrogens with zero attached hydrogens (tertiary/aromatic N) is 1. The Bertz CT molecular complexity index is 481. The van der Waals surface area contributed by atoms with Crippen molar-refractivity contribution in [1.82, 2.24) is 10.3 Å². The van der Waals surface area contributed by atoms with E-state index in [0.717, 1.165) is 36.6 Å². The molecule has 0 spiro atoms. The van der Waals surface area contributed by atoms with Gasteiger partial charge in [0.05, 0.1) is 10.2 Å². The van der Waals surface area contributed by atoms with E-state index in [4.69, 9.17) is 0 Å². The van der Waals surface area contributed by atoms with E-state index >= 15 is 0 Å². The van der Waals surface area contributed by atoms with Gasteiger partial charge in [-0.2, -0.15) is 0 Å². The number of hydrogen-bond donors (Lipinski definition) is 2. The van der Waals surface area contributed by atoms with Gasteiger partial charge >= 0.3 is 0 Å². The molecule has 17 heavy (non-hydrogen) atoms. The zero-order valence-electron chi connectivity index (χ0n) is 9.99. The Hall–Kier alpha value is -1.13. The lowest BCUT2D eigenvalue weighted by Gasteiger charge is -2.34. The van der Waals surface area contributed by atoms with Gasteiger partial charge < -0.3 is 10.6 Å². The molecule has 1 aliphatic rings. The number of para-hydroxylation sites is 1. The van der Waals surface area contributed by atoms with E-state index in [9.17, 15) is 0 Å². The van der Waals surface area contributed by atoms with Crippen LogP contribution >= 0.6 is 11.3 Å². The maximum atomic E-state index is 4.64. The van der Waals surface area contributed by atoms with Crippen molar-refractivity contribution in [3.05, 3.63) is 24.3 Å². The number of rotatable bonds is 2. The lowest BCUT2D eigenvalue weighted by Crippen LogP contribution is -2.45. The molecule has 0 atom stereocenters. The summed E-state index contributed by atoms with van der Waals surface area (Å²) in [5.74, 6) is 0. The molecule has 4 heteroatoms. The minimum absolute atomic E-state index is 0.194. The topological polar surface area (TPSA) is 37.0 Å². The number of fused-ring (bicyclic) bond motifs is 1. The molecule has 2 aromatic rings. The first-order valence-corrected chi connectivity index (χ1v) is 6.91. The summed E-state index contributed by atoms with van der Waals surface area (Å²) < 4.78 is 1.26. The van der Waals surface area contributed by atoms with Crippen molar-refractivity contribution in [2.45, 2.75) is 25.3 Å². The normalized spacial score (nSPS) is 19.4. The summed E-state index contributed by atoms with van der Waals surface area (Å²) in [7, 11) is 0. The summed E-state index contributed by atoms with van der Waals surface area (Å²) in [6.45, 7) is 4.47. The van der Waals surface area contributed by atoms with E-state index in [-0.39, 0.29) is 5.54 Å². The van der Waals surface area contributed by atoms with E-state index in [1.165, 1.54) is 4.70 Å². The number of benzene rings is 1. The monoisotopic (exact) mass is 247 g/mol. The van der Waals surface area contributed by atoms with Crippen LogP contribution in [0, 0.1) is 0 Å². The van der Waals surface area contributed by atoms with Crippen LogP contribution < -0.4 is 10.6 Å². The molecule has 0 amide bonds. The molecular formula is C13H17N3S. The lowest BCUT2D eigenvalue weighted by atomic mass is 9.91. The zero-order valence-corrected chi connectivity index (χ0v) is 10.8. The first kappa shape index (κ1) is 11.0. The van der Waals surface area contributed by atoms with Crippen LogP contribution in [0.1, 0.15) is 19.8 Å². The SMILES string of the molecule is CC1(Nc2nc3ccccc3s2)CCNCC1. The van der Waals surface area contributed by atoms with Gasteiger partial charge in [-0.25, -0.2) is 4.98 Å². The van der Waals surface area contributed by atoms with Crippen LogP contribution in [0.4, 0.5) is 5.13 Å². The van der Waals surface area contributed by atoms with Crippen LogP contribution in [0.3, 0.4) is 0 Å². The molecule has 0 saturated carbocycles. The Morgan fingerprint density at radius 1 is 1.29 bits per heavy atom. The van der Waals surface area contributed by atoms with Crippen LogP contribution in [0.5, 0.6) is 0 Å². The molecule has 3 nitrogen and oxygen atoms in total. The van der Waals surface area contributed by atoms with Gasteiger partial charge in [-0.3, -0.25) is 0 Å². The molecule has 2 heterocycles. The number of aromatic nitrogens is 1. The van der Waals surface area contributed by atoms with Crippen molar-refractivity contribution in [3.8, 4) is 0 Å². The van der Waals surface area contributed by atoms with Crippen LogP contribution in [-0.2, 0) is 0 Å². The van der Waals surface area contributed by atoms with Crippen LogP contribution in [-0.4, -0.2) is 23.6 Å². The smallest absolute Gasteiger partial charge is 0.184 e. The van der Waals surface area contributed by atoms with Gasteiger partial charge in [0.2, 0.25) is 0 Å². The van der Waals surface area contributed by atoms with Crippen LogP contribution in [0.2, 0.25) is 0 Å². The van der Waals surface area contributed by atoms with Crippen LogP contribution in [0.25, 0.3) is 10.2 Å². The van der Waals surface area contributed by atoms with E-state index < -0.39 is 0 Å². The Labute approximate surface area is 105 Å². The predicted molar refractivity (Wildman–Crippen MR) is 73.8 cm³/mol. The summed E-state index contributed by atoms with van der Waals surface area (Å²) >= 11 is 1.75. The Balaban J connectivity index is 1.84. The second-order valence-electron chi connectivity index (χ2n) is 4.92. The van der Waals surface area contributed by atoms with E-state index in [1.807, 2.05) is 6.07 Å². The Morgan fingerprint density at radius 2 is 2.06 bits per heavy atom. The number of anilines is 1. The molecule has 0 aliphatic carbocycles. The molecule has 3 rings (SSSR count). The van der Waals surface area contributed by atoms with Crippen molar-refractivity contribution in [2.24, 2.45) is 0 Å². The summed E-state index contributed by atoms with van der Waals surface area (Å²) in [5.41, 5.74) is 1.29. The maximum Gasteiger partial charge on any atom is 0.184 e. The lowest BCUT2D eigenvalue weighted by molar-refractivity contribution is 0.365. The summed E-state index contributed by atoms with van der Waals surface area (Å²) in [6, 6.07) is 8.30. The standard InChI is InChI=1S/C13H17N3S/c1-13(6-8-14-9-7-13)16-12-15-10-4-2-3-5-11(10)17-12/h2-5,14H,6-9H2,1H3,(H,15,16). The third kappa shape index (κ3) is 2.28. The fourth-order valence-electron chi connectivity index (χ4n) is 2.29. The molecule has 1 aromatic carbocycles. The van der Waals surface area contributed by atoms with Gasteiger partial charge in [0.1, 0.15) is 0 Å². The van der Waals surface area contributed by atoms with Crippen molar-refractivity contribution in [3.63, 3.8) is 0 Å². The molecule has 0 unspecified atom stereocenters. The van der Waals surface area contributed by atoms with Gasteiger partial charge in [0.15, 0.2) is 5.13 Å². The average Bonchev–Trinajstić information content (AvgIpc) is 2.71. The summed E-state index contributed by atoms with van der Waals surface area (Å²) in [6.07, 6.45) is 2.31. The maximum absolute atomic E-state index is 4.64. The molecule has 1 fully saturated rings. The van der Waals surface area contributed by atoms with E-state index in [1.54, 1.807) is 11.3 Å². The number of piperidine rings is 1. The van der Waals surface area contributed by atoms with Crippen molar-refractivity contribution >= 4 is 26.7 Å². The first-order valence-electron chi connectivity index (χ1n) is 6.10. The van der Waals surface area contributed by atoms with Crippen molar-refractivity contribution in [2.75, 3.05) is 18.4 Å². The zero-order chi connectivity index (χ0) is 11.7. The highest BCUT2D eigenvalue weighted by molar-refractivity contribution is 7.22. The van der Waals surface area contributed by atoms with E-state index in [2.05, 4.69) is 40.7 Å². The highest BCUT2D eigenvalue weighted by Gasteiger charge is 2.27. The van der Waals surface area contributed by atoms with Gasteiger partial charge in [0, 0.05) is 5.54 Å². The summed E-state index contributed by atoms with van der Waals surface area (Å²) in [4.78, 5) is 4.64. The predicted octanol–water partition coefficient (Wildman–Crippen LogP) is 2.85. The van der Waals surface area contributed by atoms with Crippen LogP contribution in [0.15, 0.2) is 24.3 Å². The molecule has 1 saturated heterocycles. The van der Waals surface area contributed by atoms with E-state index in [0.29, 0.717) is 0 Å².